The van der Waals surface area contributed by atoms with E-state index in [0.29, 0.717) is 11.3 Å². The van der Waals surface area contributed by atoms with Gasteiger partial charge in [-0.15, -0.1) is 0 Å². The van der Waals surface area contributed by atoms with Crippen molar-refractivity contribution in [2.45, 2.75) is 6.54 Å². The van der Waals surface area contributed by atoms with Crippen LogP contribution in [-0.4, -0.2) is 39.8 Å². The Labute approximate surface area is 147 Å². The van der Waals surface area contributed by atoms with Gasteiger partial charge in [0.1, 0.15) is 5.82 Å². The van der Waals surface area contributed by atoms with Gasteiger partial charge in [0.25, 0.3) is 5.91 Å². The van der Waals surface area contributed by atoms with E-state index in [2.05, 4.69) is 5.32 Å². The first-order valence-electron chi connectivity index (χ1n) is 7.51. The van der Waals surface area contributed by atoms with Gasteiger partial charge in [0, 0.05) is 33.3 Å². The smallest absolute Gasteiger partial charge is 0.303 e. The van der Waals surface area contributed by atoms with E-state index in [-0.39, 0.29) is 18.3 Å². The lowest BCUT2D eigenvalue weighted by Crippen LogP contribution is -2.37. The quantitative estimate of drug-likeness (QED) is 0.851. The van der Waals surface area contributed by atoms with E-state index in [4.69, 9.17) is 0 Å². The molecule has 0 saturated heterocycles. The van der Waals surface area contributed by atoms with Crippen LogP contribution in [0.15, 0.2) is 48.5 Å². The number of halogens is 1. The van der Waals surface area contributed by atoms with Crippen LogP contribution in [0.5, 0.6) is 0 Å². The van der Waals surface area contributed by atoms with Crippen LogP contribution >= 0.6 is 0 Å². The molecule has 0 aliphatic heterocycles. The summed E-state index contributed by atoms with van der Waals surface area (Å²) >= 11 is 0. The zero-order chi connectivity index (χ0) is 18.6. The number of amides is 1. The number of carbonyl (C=O) groups is 1. The van der Waals surface area contributed by atoms with Crippen molar-refractivity contribution in [1.82, 2.24) is 9.62 Å². The van der Waals surface area contributed by atoms with Crippen LogP contribution in [0.25, 0.3) is 0 Å². The molecule has 0 aliphatic rings. The number of hydrogen-bond donors (Lipinski definition) is 1. The molecule has 134 valence electrons. The van der Waals surface area contributed by atoms with Gasteiger partial charge < -0.3 is 5.32 Å². The average Bonchev–Trinajstić information content (AvgIpc) is 2.60. The highest BCUT2D eigenvalue weighted by atomic mass is 32.2. The summed E-state index contributed by atoms with van der Waals surface area (Å²) in [5.41, 5.74) is 1.63. The highest BCUT2D eigenvalue weighted by molar-refractivity contribution is 7.90. The molecule has 0 atom stereocenters. The molecule has 0 saturated carbocycles. The van der Waals surface area contributed by atoms with Gasteiger partial charge >= 0.3 is 10.2 Å². The Hall–Kier alpha value is -2.45. The second-order valence-electron chi connectivity index (χ2n) is 5.61. The number of carbonyl (C=O) groups excluding carboxylic acids is 1. The molecule has 0 radical (unpaired) electrons. The van der Waals surface area contributed by atoms with Crippen molar-refractivity contribution in [3.8, 4) is 0 Å². The zero-order valence-electron chi connectivity index (χ0n) is 14.2. The number of hydrogen-bond acceptors (Lipinski definition) is 3. The molecular weight excluding hydrogens is 345 g/mol. The summed E-state index contributed by atoms with van der Waals surface area (Å²) in [6.07, 6.45) is 0. The summed E-state index contributed by atoms with van der Waals surface area (Å²) in [7, 11) is 0.761. The van der Waals surface area contributed by atoms with Gasteiger partial charge in [-0.25, -0.2) is 4.39 Å². The molecule has 0 bridgehead atoms. The molecule has 6 nitrogen and oxygen atoms in total. The van der Waals surface area contributed by atoms with E-state index in [0.717, 1.165) is 14.2 Å². The summed E-state index contributed by atoms with van der Waals surface area (Å²) in [6.45, 7) is 0.274. The van der Waals surface area contributed by atoms with E-state index in [1.165, 1.54) is 33.3 Å². The van der Waals surface area contributed by atoms with Crippen molar-refractivity contribution < 1.29 is 17.6 Å². The lowest BCUT2D eigenvalue weighted by atomic mass is 10.1. The lowest BCUT2D eigenvalue weighted by molar-refractivity contribution is 0.0951. The second-order valence-corrected chi connectivity index (χ2v) is 7.79. The van der Waals surface area contributed by atoms with E-state index >= 15 is 0 Å². The normalized spacial score (nSPS) is 11.4. The Kier molecular flexibility index (Phi) is 5.76. The molecule has 25 heavy (non-hydrogen) atoms. The van der Waals surface area contributed by atoms with E-state index in [9.17, 15) is 17.6 Å². The van der Waals surface area contributed by atoms with Crippen LogP contribution in [0.2, 0.25) is 0 Å². The van der Waals surface area contributed by atoms with Crippen LogP contribution < -0.4 is 9.62 Å². The van der Waals surface area contributed by atoms with Gasteiger partial charge in [-0.2, -0.15) is 12.7 Å². The fourth-order valence-electron chi connectivity index (χ4n) is 2.09. The molecule has 0 unspecified atom stereocenters. The SMILES string of the molecule is CN(C)S(=O)(=O)N(C)c1ccc(C(=O)NCc2ccc(F)cc2)cc1. The largest absolute Gasteiger partial charge is 0.348 e. The second kappa shape index (κ2) is 7.62. The third-order valence-electron chi connectivity index (χ3n) is 3.67. The number of nitrogens with one attached hydrogen (secondary N) is 1. The van der Waals surface area contributed by atoms with Gasteiger partial charge in [-0.1, -0.05) is 12.1 Å². The Balaban J connectivity index is 2.04. The predicted molar refractivity (Wildman–Crippen MR) is 95.0 cm³/mol. The zero-order valence-corrected chi connectivity index (χ0v) is 15.0. The summed E-state index contributed by atoms with van der Waals surface area (Å²) in [4.78, 5) is 12.1. The maximum atomic E-state index is 12.9. The van der Waals surface area contributed by atoms with Gasteiger partial charge in [-0.3, -0.25) is 9.10 Å². The number of nitrogens with zero attached hydrogens (tertiary/aromatic N) is 2. The Morgan fingerprint density at radius 3 is 2.08 bits per heavy atom. The van der Waals surface area contributed by atoms with Crippen molar-refractivity contribution in [3.63, 3.8) is 0 Å². The molecule has 0 heterocycles. The van der Waals surface area contributed by atoms with Gasteiger partial charge in [0.2, 0.25) is 0 Å². The highest BCUT2D eigenvalue weighted by Crippen LogP contribution is 2.18. The fourth-order valence-corrected chi connectivity index (χ4v) is 2.97. The maximum absolute atomic E-state index is 12.9. The molecule has 0 aliphatic carbocycles. The average molecular weight is 365 g/mol. The first-order chi connectivity index (χ1) is 11.7. The molecular formula is C17H20FN3O3S. The third kappa shape index (κ3) is 4.55. The minimum atomic E-state index is -3.58. The van der Waals surface area contributed by atoms with Crippen molar-refractivity contribution in [3.05, 3.63) is 65.5 Å². The van der Waals surface area contributed by atoms with Crippen LogP contribution in [0.1, 0.15) is 15.9 Å². The molecule has 0 fully saturated rings. The number of rotatable bonds is 6. The van der Waals surface area contributed by atoms with Gasteiger partial charge in [-0.05, 0) is 42.0 Å². The van der Waals surface area contributed by atoms with Gasteiger partial charge in [0.05, 0.1) is 5.69 Å². The highest BCUT2D eigenvalue weighted by Gasteiger charge is 2.21. The molecule has 2 rings (SSSR count). The van der Waals surface area contributed by atoms with E-state index in [1.807, 2.05) is 0 Å². The van der Waals surface area contributed by atoms with E-state index in [1.54, 1.807) is 36.4 Å². The van der Waals surface area contributed by atoms with Crippen LogP contribution in [0.4, 0.5) is 10.1 Å². The van der Waals surface area contributed by atoms with E-state index < -0.39 is 10.2 Å². The third-order valence-corrected chi connectivity index (χ3v) is 5.49. The first kappa shape index (κ1) is 18.9. The Bertz CT molecular complexity index is 834. The molecule has 1 N–H and O–H groups in total. The summed E-state index contributed by atoms with van der Waals surface area (Å²) in [5, 5.41) is 2.73. The molecule has 0 spiro atoms. The van der Waals surface area contributed by atoms with Gasteiger partial charge in [0.15, 0.2) is 0 Å². The van der Waals surface area contributed by atoms with Crippen LogP contribution in [-0.2, 0) is 16.8 Å². The van der Waals surface area contributed by atoms with Crippen LogP contribution in [0, 0.1) is 5.82 Å². The monoisotopic (exact) mass is 365 g/mol. The summed E-state index contributed by atoms with van der Waals surface area (Å²) in [5.74, 6) is -0.628. The van der Waals surface area contributed by atoms with Crippen molar-refractivity contribution in [2.75, 3.05) is 25.4 Å². The number of anilines is 1. The molecule has 1 amide bonds. The Morgan fingerprint density at radius 1 is 1.00 bits per heavy atom. The topological polar surface area (TPSA) is 69.7 Å². The standard InChI is InChI=1S/C17H20FN3O3S/c1-20(2)25(23,24)21(3)16-10-6-14(7-11-16)17(22)19-12-13-4-8-15(18)9-5-13/h4-11H,12H2,1-3H3,(H,19,22). The molecule has 2 aromatic rings. The maximum Gasteiger partial charge on any atom is 0.303 e. The lowest BCUT2D eigenvalue weighted by Gasteiger charge is -2.23. The van der Waals surface area contributed by atoms with Crippen LogP contribution in [0.3, 0.4) is 0 Å². The number of benzene rings is 2. The summed E-state index contributed by atoms with van der Waals surface area (Å²) < 4.78 is 39.2. The fraction of sp³-hybridized carbons (Fsp3) is 0.235. The first-order valence-corrected chi connectivity index (χ1v) is 8.90. The van der Waals surface area contributed by atoms with Crippen molar-refractivity contribution >= 4 is 21.8 Å². The Morgan fingerprint density at radius 2 is 1.56 bits per heavy atom. The predicted octanol–water partition coefficient (Wildman–Crippen LogP) is 2.00. The molecule has 8 heteroatoms. The van der Waals surface area contributed by atoms with Crippen molar-refractivity contribution in [2.24, 2.45) is 0 Å². The van der Waals surface area contributed by atoms with Crippen molar-refractivity contribution in [1.29, 1.82) is 0 Å². The minimum Gasteiger partial charge on any atom is -0.348 e. The molecule has 2 aromatic carbocycles. The summed E-state index contributed by atoms with van der Waals surface area (Å²) in [6, 6.07) is 12.1. The molecule has 0 aromatic heterocycles. The minimum absolute atomic E-state index is 0.274.